The number of aryl methyl sites for hydroxylation is 3. The smallest absolute Gasteiger partial charge is 0.251 e. The van der Waals surface area contributed by atoms with E-state index in [1.807, 2.05) is 32.9 Å². The maximum absolute atomic E-state index is 12.6. The highest BCUT2D eigenvalue weighted by molar-refractivity contribution is 7.92. The summed E-state index contributed by atoms with van der Waals surface area (Å²) in [4.78, 5) is 12.4. The van der Waals surface area contributed by atoms with Gasteiger partial charge in [0.15, 0.2) is 0 Å². The molecule has 0 radical (unpaired) electrons. The van der Waals surface area contributed by atoms with Gasteiger partial charge in [0, 0.05) is 10.6 Å². The van der Waals surface area contributed by atoms with E-state index in [1.165, 1.54) is 10.6 Å². The summed E-state index contributed by atoms with van der Waals surface area (Å²) in [7, 11) is -3.51. The molecule has 0 spiro atoms. The first kappa shape index (κ1) is 25.6. The molecule has 0 bridgehead atoms. The van der Waals surface area contributed by atoms with Crippen molar-refractivity contribution in [2.45, 2.75) is 27.3 Å². The van der Waals surface area contributed by atoms with Gasteiger partial charge in [-0.15, -0.1) is 0 Å². The van der Waals surface area contributed by atoms with E-state index in [0.717, 1.165) is 22.3 Å². The van der Waals surface area contributed by atoms with E-state index in [9.17, 15) is 13.2 Å². The molecule has 1 N–H and O–H groups in total. The van der Waals surface area contributed by atoms with Crippen molar-refractivity contribution in [3.05, 3.63) is 93.5 Å². The Hall–Kier alpha value is -3.03. The highest BCUT2D eigenvalue weighted by atomic mass is 35.5. The quantitative estimate of drug-likeness (QED) is 0.417. The molecule has 0 unspecified atom stereocenters. The second-order valence-electron chi connectivity index (χ2n) is 8.27. The van der Waals surface area contributed by atoms with Crippen molar-refractivity contribution < 1.29 is 17.9 Å². The molecule has 0 aliphatic rings. The summed E-state index contributed by atoms with van der Waals surface area (Å²) in [6.07, 6.45) is 1.21. The lowest BCUT2D eigenvalue weighted by Crippen LogP contribution is -2.31. The fourth-order valence-corrected chi connectivity index (χ4v) is 4.95. The zero-order chi connectivity index (χ0) is 24.9. The summed E-state index contributed by atoms with van der Waals surface area (Å²) in [5.41, 5.74) is 4.85. The molecular formula is C26H29ClN2O4S. The predicted octanol–water partition coefficient (Wildman–Crippen LogP) is 5.04. The fraction of sp³-hybridized carbons (Fsp3) is 0.269. The van der Waals surface area contributed by atoms with Gasteiger partial charge in [-0.3, -0.25) is 9.10 Å². The van der Waals surface area contributed by atoms with Crippen molar-refractivity contribution in [1.29, 1.82) is 0 Å². The number of nitrogens with zero attached hydrogens (tertiary/aromatic N) is 1. The molecule has 180 valence electrons. The van der Waals surface area contributed by atoms with Crippen molar-refractivity contribution in [3.63, 3.8) is 0 Å². The maximum atomic E-state index is 12.6. The van der Waals surface area contributed by atoms with E-state index in [-0.39, 0.29) is 12.5 Å². The van der Waals surface area contributed by atoms with Gasteiger partial charge < -0.3 is 10.1 Å². The SMILES string of the molecule is Cc1cc(C)c(N(Cc2ccc(C(=O)NCCOc3ccc(Cl)cc3)cc2)S(C)(=O)=O)c(C)c1. The number of carbonyl (C=O) groups excluding carboxylic acids is 1. The number of amides is 1. The molecule has 34 heavy (non-hydrogen) atoms. The molecule has 1 amide bonds. The van der Waals surface area contributed by atoms with Crippen LogP contribution in [-0.2, 0) is 16.6 Å². The number of anilines is 1. The summed E-state index contributed by atoms with van der Waals surface area (Å²) in [5, 5.41) is 3.45. The molecular weight excluding hydrogens is 472 g/mol. The highest BCUT2D eigenvalue weighted by Crippen LogP contribution is 2.29. The summed E-state index contributed by atoms with van der Waals surface area (Å²) >= 11 is 5.85. The third kappa shape index (κ3) is 6.74. The number of ether oxygens (including phenoxy) is 1. The number of halogens is 1. The van der Waals surface area contributed by atoms with E-state index in [4.69, 9.17) is 16.3 Å². The fourth-order valence-electron chi connectivity index (χ4n) is 3.82. The van der Waals surface area contributed by atoms with Gasteiger partial charge in [0.05, 0.1) is 25.0 Å². The Balaban J connectivity index is 1.63. The van der Waals surface area contributed by atoms with Crippen LogP contribution in [0.5, 0.6) is 5.75 Å². The first-order chi connectivity index (χ1) is 16.0. The summed E-state index contributed by atoms with van der Waals surface area (Å²) < 4.78 is 32.2. The minimum absolute atomic E-state index is 0.181. The number of rotatable bonds is 9. The largest absolute Gasteiger partial charge is 0.492 e. The van der Waals surface area contributed by atoms with E-state index >= 15 is 0 Å². The maximum Gasteiger partial charge on any atom is 0.251 e. The molecule has 0 fully saturated rings. The van der Waals surface area contributed by atoms with Gasteiger partial charge in [0.1, 0.15) is 12.4 Å². The monoisotopic (exact) mass is 500 g/mol. The number of hydrogen-bond donors (Lipinski definition) is 1. The average molecular weight is 501 g/mol. The molecule has 3 aromatic rings. The lowest BCUT2D eigenvalue weighted by Gasteiger charge is -2.26. The number of benzene rings is 3. The standard InChI is InChI=1S/C26H29ClN2O4S/c1-18-15-19(2)25(20(3)16-18)29(34(4,31)32)17-21-5-7-22(8-6-21)26(30)28-13-14-33-24-11-9-23(27)10-12-24/h5-12,15-16H,13-14,17H2,1-4H3,(H,28,30). The molecule has 8 heteroatoms. The predicted molar refractivity (Wildman–Crippen MR) is 137 cm³/mol. The lowest BCUT2D eigenvalue weighted by atomic mass is 10.0. The molecule has 0 saturated carbocycles. The number of sulfonamides is 1. The minimum atomic E-state index is -3.51. The van der Waals surface area contributed by atoms with Crippen molar-refractivity contribution in [1.82, 2.24) is 5.32 Å². The second-order valence-corrected chi connectivity index (χ2v) is 10.6. The zero-order valence-corrected chi connectivity index (χ0v) is 21.3. The van der Waals surface area contributed by atoms with E-state index in [0.29, 0.717) is 35.2 Å². The molecule has 3 rings (SSSR count). The van der Waals surface area contributed by atoms with Crippen molar-refractivity contribution >= 4 is 33.2 Å². The number of carbonyl (C=O) groups is 1. The van der Waals surface area contributed by atoms with Crippen LogP contribution in [0.3, 0.4) is 0 Å². The van der Waals surface area contributed by atoms with Crippen LogP contribution in [-0.4, -0.2) is 33.7 Å². The van der Waals surface area contributed by atoms with Gasteiger partial charge >= 0.3 is 0 Å². The first-order valence-corrected chi connectivity index (χ1v) is 13.1. The molecule has 0 saturated heterocycles. The highest BCUT2D eigenvalue weighted by Gasteiger charge is 2.22. The van der Waals surface area contributed by atoms with Crippen LogP contribution in [0, 0.1) is 20.8 Å². The topological polar surface area (TPSA) is 75.7 Å². The Morgan fingerprint density at radius 1 is 0.971 bits per heavy atom. The van der Waals surface area contributed by atoms with Gasteiger partial charge in [-0.05, 0) is 73.9 Å². The van der Waals surface area contributed by atoms with Crippen molar-refractivity contribution in [2.24, 2.45) is 0 Å². The Morgan fingerprint density at radius 3 is 2.12 bits per heavy atom. The normalized spacial score (nSPS) is 11.2. The van der Waals surface area contributed by atoms with Crippen LogP contribution >= 0.6 is 11.6 Å². The third-order valence-corrected chi connectivity index (χ3v) is 6.66. The zero-order valence-electron chi connectivity index (χ0n) is 19.8. The first-order valence-electron chi connectivity index (χ1n) is 10.9. The second kappa shape index (κ2) is 10.9. The van der Waals surface area contributed by atoms with Crippen molar-refractivity contribution in [3.8, 4) is 5.75 Å². The van der Waals surface area contributed by atoms with E-state index in [1.54, 1.807) is 48.5 Å². The van der Waals surface area contributed by atoms with Crippen LogP contribution in [0.2, 0.25) is 5.02 Å². The Kier molecular flexibility index (Phi) is 8.23. The summed E-state index contributed by atoms with van der Waals surface area (Å²) in [6, 6.07) is 17.9. The molecule has 0 aliphatic carbocycles. The summed E-state index contributed by atoms with van der Waals surface area (Å²) in [5.74, 6) is 0.453. The molecule has 0 atom stereocenters. The Morgan fingerprint density at radius 2 is 1.56 bits per heavy atom. The van der Waals surface area contributed by atoms with Gasteiger partial charge in [-0.25, -0.2) is 8.42 Å². The van der Waals surface area contributed by atoms with Crippen LogP contribution in [0.1, 0.15) is 32.6 Å². The molecule has 0 heterocycles. The van der Waals surface area contributed by atoms with Crippen LogP contribution in [0.15, 0.2) is 60.7 Å². The van der Waals surface area contributed by atoms with Gasteiger partial charge in [0.25, 0.3) is 5.91 Å². The molecule has 6 nitrogen and oxygen atoms in total. The van der Waals surface area contributed by atoms with Gasteiger partial charge in [-0.2, -0.15) is 0 Å². The van der Waals surface area contributed by atoms with E-state index < -0.39 is 10.0 Å². The van der Waals surface area contributed by atoms with Crippen LogP contribution in [0.4, 0.5) is 5.69 Å². The molecule has 0 aromatic heterocycles. The van der Waals surface area contributed by atoms with E-state index in [2.05, 4.69) is 5.32 Å². The lowest BCUT2D eigenvalue weighted by molar-refractivity contribution is 0.0947. The van der Waals surface area contributed by atoms with Crippen LogP contribution in [0.25, 0.3) is 0 Å². The third-order valence-electron chi connectivity index (χ3n) is 5.30. The number of nitrogens with one attached hydrogen (secondary N) is 1. The number of hydrogen-bond acceptors (Lipinski definition) is 4. The van der Waals surface area contributed by atoms with Crippen molar-refractivity contribution in [2.75, 3.05) is 23.7 Å². The average Bonchev–Trinajstić information content (AvgIpc) is 2.76. The minimum Gasteiger partial charge on any atom is -0.492 e. The Labute approximate surface area is 206 Å². The summed E-state index contributed by atoms with van der Waals surface area (Å²) in [6.45, 7) is 6.67. The molecule has 0 aliphatic heterocycles. The van der Waals surface area contributed by atoms with Gasteiger partial charge in [0.2, 0.25) is 10.0 Å². The molecule has 3 aromatic carbocycles. The van der Waals surface area contributed by atoms with Crippen LogP contribution < -0.4 is 14.4 Å². The van der Waals surface area contributed by atoms with Gasteiger partial charge in [-0.1, -0.05) is 41.4 Å². The Bertz CT molecular complexity index is 1230.